The van der Waals surface area contributed by atoms with E-state index in [0.29, 0.717) is 5.69 Å². The molecule has 1 aliphatic heterocycles. The number of benzene rings is 1. The summed E-state index contributed by atoms with van der Waals surface area (Å²) in [5.74, 6) is 0. The molecule has 1 aliphatic rings. The monoisotopic (exact) mass is 250 g/mol. The first kappa shape index (κ1) is 11.5. The van der Waals surface area contributed by atoms with Crippen LogP contribution in [0.3, 0.4) is 0 Å². The van der Waals surface area contributed by atoms with Gasteiger partial charge in [0.2, 0.25) is 0 Å². The molecular formula is C15H14N4. The first-order valence-electron chi connectivity index (χ1n) is 6.24. The summed E-state index contributed by atoms with van der Waals surface area (Å²) >= 11 is 0. The predicted molar refractivity (Wildman–Crippen MR) is 75.7 cm³/mol. The topological polar surface area (TPSA) is 43.2 Å². The third kappa shape index (κ3) is 1.89. The Balaban J connectivity index is 2.13. The molecule has 1 aromatic heterocycles. The largest absolute Gasteiger partial charge is 0.371 e. The van der Waals surface area contributed by atoms with Gasteiger partial charge in [-0.15, -0.1) is 0 Å². The molecule has 0 spiro atoms. The van der Waals surface area contributed by atoms with Gasteiger partial charge < -0.3 is 9.80 Å². The van der Waals surface area contributed by atoms with Crippen LogP contribution in [-0.2, 0) is 0 Å². The number of rotatable bonds is 1. The van der Waals surface area contributed by atoms with E-state index in [4.69, 9.17) is 0 Å². The lowest BCUT2D eigenvalue weighted by molar-refractivity contribution is 0.819. The molecule has 0 atom stereocenters. The van der Waals surface area contributed by atoms with Crippen molar-refractivity contribution in [3.8, 4) is 6.07 Å². The molecule has 94 valence electrons. The fourth-order valence-electron chi connectivity index (χ4n) is 2.46. The van der Waals surface area contributed by atoms with Crippen LogP contribution < -0.4 is 9.80 Å². The van der Waals surface area contributed by atoms with E-state index in [1.54, 1.807) is 6.20 Å². The third-order valence-electron chi connectivity index (χ3n) is 3.43. The summed E-state index contributed by atoms with van der Waals surface area (Å²) < 4.78 is 0. The second-order valence-corrected chi connectivity index (χ2v) is 4.54. The van der Waals surface area contributed by atoms with Crippen molar-refractivity contribution in [2.75, 3.05) is 29.9 Å². The number of para-hydroxylation sites is 2. The maximum atomic E-state index is 9.20. The molecule has 3 rings (SSSR count). The van der Waals surface area contributed by atoms with E-state index in [9.17, 15) is 5.26 Å². The van der Waals surface area contributed by atoms with Gasteiger partial charge >= 0.3 is 0 Å². The molecule has 0 radical (unpaired) electrons. The quantitative estimate of drug-likeness (QED) is 0.780. The van der Waals surface area contributed by atoms with E-state index < -0.39 is 0 Å². The number of nitrogens with zero attached hydrogens (tertiary/aromatic N) is 4. The number of likely N-dealkylation sites (N-methyl/N-ethyl adjacent to an activating group) is 1. The molecule has 0 amide bonds. The Morgan fingerprint density at radius 1 is 1.05 bits per heavy atom. The van der Waals surface area contributed by atoms with Crippen LogP contribution in [0, 0.1) is 11.3 Å². The first-order chi connectivity index (χ1) is 9.31. The highest BCUT2D eigenvalue weighted by Gasteiger charge is 2.22. The van der Waals surface area contributed by atoms with Gasteiger partial charge in [0.25, 0.3) is 0 Å². The molecular weight excluding hydrogens is 236 g/mol. The van der Waals surface area contributed by atoms with Crippen LogP contribution in [0.2, 0.25) is 0 Å². The second kappa shape index (κ2) is 4.62. The number of aromatic nitrogens is 1. The van der Waals surface area contributed by atoms with Gasteiger partial charge in [-0.2, -0.15) is 5.26 Å². The summed E-state index contributed by atoms with van der Waals surface area (Å²) in [5, 5.41) is 9.20. The fraction of sp³-hybridized carbons (Fsp3) is 0.200. The Morgan fingerprint density at radius 2 is 1.79 bits per heavy atom. The number of nitriles is 1. The van der Waals surface area contributed by atoms with Crippen molar-refractivity contribution < 1.29 is 0 Å². The van der Waals surface area contributed by atoms with Crippen molar-refractivity contribution in [2.24, 2.45) is 0 Å². The number of hydrogen-bond donors (Lipinski definition) is 0. The Kier molecular flexibility index (Phi) is 2.81. The summed E-state index contributed by atoms with van der Waals surface area (Å²) in [6.45, 7) is 1.78. The van der Waals surface area contributed by atoms with Crippen LogP contribution in [-0.4, -0.2) is 25.1 Å². The van der Waals surface area contributed by atoms with E-state index in [1.807, 2.05) is 24.3 Å². The molecule has 0 aliphatic carbocycles. The van der Waals surface area contributed by atoms with E-state index >= 15 is 0 Å². The van der Waals surface area contributed by atoms with Crippen LogP contribution in [0.15, 0.2) is 42.6 Å². The highest BCUT2D eigenvalue weighted by molar-refractivity contribution is 5.80. The normalized spacial score (nSPS) is 13.9. The van der Waals surface area contributed by atoms with Crippen molar-refractivity contribution in [1.29, 1.82) is 5.26 Å². The third-order valence-corrected chi connectivity index (χ3v) is 3.43. The molecule has 4 nitrogen and oxygen atoms in total. The highest BCUT2D eigenvalue weighted by Crippen LogP contribution is 2.37. The zero-order valence-corrected chi connectivity index (χ0v) is 10.7. The maximum Gasteiger partial charge on any atom is 0.164 e. The lowest BCUT2D eigenvalue weighted by Gasteiger charge is -2.37. The summed E-state index contributed by atoms with van der Waals surface area (Å²) in [7, 11) is 2.09. The summed E-state index contributed by atoms with van der Waals surface area (Å²) in [5.41, 5.74) is 3.66. The molecule has 0 N–H and O–H groups in total. The van der Waals surface area contributed by atoms with Crippen molar-refractivity contribution >= 4 is 17.1 Å². The average Bonchev–Trinajstić information content (AvgIpc) is 2.48. The van der Waals surface area contributed by atoms with E-state index in [-0.39, 0.29) is 0 Å². The number of anilines is 3. The van der Waals surface area contributed by atoms with E-state index in [1.165, 1.54) is 5.69 Å². The van der Waals surface area contributed by atoms with Crippen LogP contribution >= 0.6 is 0 Å². The molecule has 0 bridgehead atoms. The molecule has 0 saturated heterocycles. The fourth-order valence-corrected chi connectivity index (χ4v) is 2.46. The lowest BCUT2D eigenvalue weighted by atomic mass is 10.1. The molecule has 0 fully saturated rings. The zero-order chi connectivity index (χ0) is 13.2. The minimum atomic E-state index is 0.474. The van der Waals surface area contributed by atoms with E-state index in [2.05, 4.69) is 40.0 Å². The van der Waals surface area contributed by atoms with Gasteiger partial charge in [-0.1, -0.05) is 12.1 Å². The van der Waals surface area contributed by atoms with Crippen molar-refractivity contribution in [3.63, 3.8) is 0 Å². The van der Waals surface area contributed by atoms with Gasteiger partial charge in [-0.25, -0.2) is 4.98 Å². The van der Waals surface area contributed by atoms with Gasteiger partial charge in [-0.3, -0.25) is 0 Å². The van der Waals surface area contributed by atoms with Crippen LogP contribution in [0.5, 0.6) is 0 Å². The average molecular weight is 250 g/mol. The lowest BCUT2D eigenvalue weighted by Crippen LogP contribution is -2.36. The summed E-state index contributed by atoms with van der Waals surface area (Å²) in [6.07, 6.45) is 1.66. The van der Waals surface area contributed by atoms with Gasteiger partial charge in [0.1, 0.15) is 6.07 Å². The first-order valence-corrected chi connectivity index (χ1v) is 6.24. The summed E-state index contributed by atoms with van der Waals surface area (Å²) in [4.78, 5) is 8.55. The maximum absolute atomic E-state index is 9.20. The minimum Gasteiger partial charge on any atom is -0.371 e. The molecule has 4 heteroatoms. The minimum absolute atomic E-state index is 0.474. The summed E-state index contributed by atoms with van der Waals surface area (Å²) in [6, 6.07) is 14.2. The zero-order valence-electron chi connectivity index (χ0n) is 10.7. The highest BCUT2D eigenvalue weighted by atomic mass is 15.3. The Labute approximate surface area is 112 Å². The Hall–Kier alpha value is -2.54. The number of pyridine rings is 1. The number of hydrogen-bond acceptors (Lipinski definition) is 4. The standard InChI is InChI=1S/C15H14N4/c1-18-9-10-19(15-6-3-2-5-14(15)18)13-7-4-8-17-12(13)11-16/h2-8H,9-10H2,1H3. The van der Waals surface area contributed by atoms with Crippen LogP contribution in [0.4, 0.5) is 17.1 Å². The van der Waals surface area contributed by atoms with E-state index in [0.717, 1.165) is 24.5 Å². The van der Waals surface area contributed by atoms with Gasteiger partial charge in [0.15, 0.2) is 5.69 Å². The van der Waals surface area contributed by atoms with Crippen LogP contribution in [0.25, 0.3) is 0 Å². The van der Waals surface area contributed by atoms with Crippen molar-refractivity contribution in [3.05, 3.63) is 48.3 Å². The smallest absolute Gasteiger partial charge is 0.164 e. The van der Waals surface area contributed by atoms with Crippen molar-refractivity contribution in [2.45, 2.75) is 0 Å². The molecule has 0 unspecified atom stereocenters. The number of fused-ring (bicyclic) bond motifs is 1. The molecule has 0 saturated carbocycles. The molecule has 19 heavy (non-hydrogen) atoms. The van der Waals surface area contributed by atoms with Gasteiger partial charge in [0.05, 0.1) is 17.1 Å². The van der Waals surface area contributed by atoms with Gasteiger partial charge in [0, 0.05) is 26.3 Å². The Morgan fingerprint density at radius 3 is 2.58 bits per heavy atom. The molecule has 2 heterocycles. The van der Waals surface area contributed by atoms with Gasteiger partial charge in [-0.05, 0) is 24.3 Å². The molecule has 2 aromatic rings. The Bertz CT molecular complexity index is 645. The predicted octanol–water partition coefficient (Wildman–Crippen LogP) is 2.54. The second-order valence-electron chi connectivity index (χ2n) is 4.54. The van der Waals surface area contributed by atoms with Crippen LogP contribution in [0.1, 0.15) is 5.69 Å². The van der Waals surface area contributed by atoms with Crippen molar-refractivity contribution in [1.82, 2.24) is 4.98 Å². The SMILES string of the molecule is CN1CCN(c2cccnc2C#N)c2ccccc21. The molecule has 1 aromatic carbocycles.